The van der Waals surface area contributed by atoms with Gasteiger partial charge in [-0.25, -0.2) is 4.99 Å². The predicted octanol–water partition coefficient (Wildman–Crippen LogP) is 3.48. The van der Waals surface area contributed by atoms with E-state index in [1.165, 1.54) is 9.75 Å². The molecular weight excluding hydrogens is 437 g/mol. The number of aromatic nitrogens is 2. The summed E-state index contributed by atoms with van der Waals surface area (Å²) < 4.78 is 5.24. The predicted molar refractivity (Wildman–Crippen MR) is 109 cm³/mol. The normalized spacial score (nSPS) is 11.5. The van der Waals surface area contributed by atoms with Crippen LogP contribution in [0.1, 0.15) is 48.2 Å². The minimum atomic E-state index is 0. The van der Waals surface area contributed by atoms with Gasteiger partial charge >= 0.3 is 0 Å². The first-order chi connectivity index (χ1) is 11.1. The van der Waals surface area contributed by atoms with Gasteiger partial charge in [-0.1, -0.05) is 19.0 Å². The summed E-state index contributed by atoms with van der Waals surface area (Å²) in [5.74, 6) is 2.51. The van der Waals surface area contributed by atoms with Crippen molar-refractivity contribution in [2.75, 3.05) is 13.1 Å². The van der Waals surface area contributed by atoms with E-state index >= 15 is 0 Å². The number of thiophene rings is 1. The quantitative estimate of drug-likeness (QED) is 0.374. The van der Waals surface area contributed by atoms with Gasteiger partial charge in [0.05, 0.1) is 6.54 Å². The molecule has 0 bridgehead atoms. The molecule has 2 aromatic rings. The van der Waals surface area contributed by atoms with Crippen LogP contribution in [0.2, 0.25) is 0 Å². The second-order valence-electron chi connectivity index (χ2n) is 5.59. The molecule has 0 atom stereocenters. The van der Waals surface area contributed by atoms with Gasteiger partial charge in [0.25, 0.3) is 0 Å². The van der Waals surface area contributed by atoms with Crippen LogP contribution in [0.15, 0.2) is 21.6 Å². The molecule has 134 valence electrons. The highest BCUT2D eigenvalue weighted by Crippen LogP contribution is 2.15. The Hall–Kier alpha value is -1.16. The molecule has 2 aromatic heterocycles. The monoisotopic (exact) mass is 463 g/mol. The second-order valence-corrected chi connectivity index (χ2v) is 6.96. The van der Waals surface area contributed by atoms with Crippen molar-refractivity contribution in [2.45, 2.75) is 46.6 Å². The number of hydrogen-bond acceptors (Lipinski definition) is 5. The highest BCUT2D eigenvalue weighted by atomic mass is 127. The third kappa shape index (κ3) is 6.76. The molecule has 2 heterocycles. The van der Waals surface area contributed by atoms with E-state index in [9.17, 15) is 0 Å². The Labute approximate surface area is 164 Å². The van der Waals surface area contributed by atoms with Gasteiger partial charge < -0.3 is 15.2 Å². The van der Waals surface area contributed by atoms with E-state index in [1.54, 1.807) is 11.3 Å². The van der Waals surface area contributed by atoms with Crippen molar-refractivity contribution in [1.29, 1.82) is 0 Å². The lowest BCUT2D eigenvalue weighted by molar-refractivity contribution is 0.371. The number of halogens is 1. The molecule has 0 aliphatic carbocycles. The lowest BCUT2D eigenvalue weighted by Crippen LogP contribution is -2.38. The highest BCUT2D eigenvalue weighted by molar-refractivity contribution is 14.0. The molecule has 6 nitrogen and oxygen atoms in total. The van der Waals surface area contributed by atoms with Crippen molar-refractivity contribution in [1.82, 2.24) is 20.8 Å². The molecule has 24 heavy (non-hydrogen) atoms. The summed E-state index contributed by atoms with van der Waals surface area (Å²) >= 11 is 1.78. The van der Waals surface area contributed by atoms with Gasteiger partial charge in [-0.15, -0.1) is 35.3 Å². The van der Waals surface area contributed by atoms with Gasteiger partial charge in [-0.2, -0.15) is 4.98 Å². The van der Waals surface area contributed by atoms with Crippen LogP contribution >= 0.6 is 35.3 Å². The largest absolute Gasteiger partial charge is 0.357 e. The lowest BCUT2D eigenvalue weighted by Gasteiger charge is -2.09. The van der Waals surface area contributed by atoms with Crippen molar-refractivity contribution in [2.24, 2.45) is 4.99 Å². The van der Waals surface area contributed by atoms with Crippen molar-refractivity contribution in [3.05, 3.63) is 33.6 Å². The number of nitrogens with one attached hydrogen (secondary N) is 2. The molecule has 0 unspecified atom stereocenters. The van der Waals surface area contributed by atoms with Crippen molar-refractivity contribution < 1.29 is 4.52 Å². The Morgan fingerprint density at radius 2 is 2.12 bits per heavy atom. The molecule has 0 aromatic carbocycles. The molecule has 0 radical (unpaired) electrons. The first kappa shape index (κ1) is 20.9. The van der Waals surface area contributed by atoms with Gasteiger partial charge in [0.2, 0.25) is 5.89 Å². The summed E-state index contributed by atoms with van der Waals surface area (Å²) in [5, 5.41) is 10.5. The second kappa shape index (κ2) is 10.7. The van der Waals surface area contributed by atoms with Crippen LogP contribution in [0.25, 0.3) is 0 Å². The zero-order valence-corrected chi connectivity index (χ0v) is 17.8. The molecule has 8 heteroatoms. The van der Waals surface area contributed by atoms with E-state index < -0.39 is 0 Å². The van der Waals surface area contributed by atoms with Crippen LogP contribution in [-0.4, -0.2) is 29.2 Å². The molecule has 2 rings (SSSR count). The van der Waals surface area contributed by atoms with E-state index in [2.05, 4.69) is 65.6 Å². The maximum absolute atomic E-state index is 5.24. The van der Waals surface area contributed by atoms with Crippen LogP contribution in [0.3, 0.4) is 0 Å². The first-order valence-corrected chi connectivity index (χ1v) is 8.80. The Balaban J connectivity index is 0.00000288. The standard InChI is InChI=1S/C16H25N5OS.HI/c1-5-17-16(19-10-13-7-6-12(4)23-13)18-9-8-14-20-15(11(2)3)21-22-14;/h6-7,11H,5,8-10H2,1-4H3,(H2,17,18,19);1H. The molecule has 0 saturated carbocycles. The maximum Gasteiger partial charge on any atom is 0.228 e. The van der Waals surface area contributed by atoms with Gasteiger partial charge in [-0.3, -0.25) is 0 Å². The fourth-order valence-corrected chi connectivity index (χ4v) is 2.78. The lowest BCUT2D eigenvalue weighted by atomic mass is 10.2. The van der Waals surface area contributed by atoms with E-state index in [0.717, 1.165) is 18.3 Å². The topological polar surface area (TPSA) is 75.3 Å². The summed E-state index contributed by atoms with van der Waals surface area (Å²) in [6, 6.07) is 4.25. The Kier molecular flexibility index (Phi) is 9.27. The van der Waals surface area contributed by atoms with Crippen molar-refractivity contribution in [3.63, 3.8) is 0 Å². The van der Waals surface area contributed by atoms with E-state index in [-0.39, 0.29) is 29.9 Å². The van der Waals surface area contributed by atoms with Gasteiger partial charge in [0, 0.05) is 35.2 Å². The highest BCUT2D eigenvalue weighted by Gasteiger charge is 2.09. The Morgan fingerprint density at radius 1 is 1.33 bits per heavy atom. The summed E-state index contributed by atoms with van der Waals surface area (Å²) in [6.45, 7) is 10.5. The van der Waals surface area contributed by atoms with Crippen molar-refractivity contribution in [3.8, 4) is 0 Å². The number of hydrogen-bond donors (Lipinski definition) is 2. The average molecular weight is 463 g/mol. The summed E-state index contributed by atoms with van der Waals surface area (Å²) in [6.07, 6.45) is 0.683. The summed E-state index contributed by atoms with van der Waals surface area (Å²) in [7, 11) is 0. The third-order valence-corrected chi connectivity index (χ3v) is 4.15. The third-order valence-electron chi connectivity index (χ3n) is 3.16. The zero-order valence-electron chi connectivity index (χ0n) is 14.6. The van der Waals surface area contributed by atoms with Crippen LogP contribution in [0.4, 0.5) is 0 Å². The molecular formula is C16H26IN5OS. The molecule has 2 N–H and O–H groups in total. The smallest absolute Gasteiger partial charge is 0.228 e. The SMILES string of the molecule is CCNC(=NCc1ccc(C)s1)NCCc1nc(C(C)C)no1.I. The van der Waals surface area contributed by atoms with Gasteiger partial charge in [0.1, 0.15) is 0 Å². The summed E-state index contributed by atoms with van der Waals surface area (Å²) in [5.41, 5.74) is 0. The molecule has 0 amide bonds. The van der Waals surface area contributed by atoms with E-state index in [4.69, 9.17) is 4.52 Å². The van der Waals surface area contributed by atoms with E-state index in [1.807, 2.05) is 0 Å². The minimum Gasteiger partial charge on any atom is -0.357 e. The zero-order chi connectivity index (χ0) is 16.7. The number of rotatable bonds is 7. The van der Waals surface area contributed by atoms with Crippen LogP contribution in [0.5, 0.6) is 0 Å². The fourth-order valence-electron chi connectivity index (χ4n) is 1.96. The van der Waals surface area contributed by atoms with Crippen LogP contribution in [0, 0.1) is 6.92 Å². The van der Waals surface area contributed by atoms with Crippen LogP contribution < -0.4 is 10.6 Å². The van der Waals surface area contributed by atoms with Gasteiger partial charge in [-0.05, 0) is 26.0 Å². The fraction of sp³-hybridized carbons (Fsp3) is 0.562. The number of guanidine groups is 1. The maximum atomic E-state index is 5.24. The Morgan fingerprint density at radius 3 is 2.71 bits per heavy atom. The van der Waals surface area contributed by atoms with Crippen LogP contribution in [-0.2, 0) is 13.0 Å². The number of aryl methyl sites for hydroxylation is 1. The Bertz CT molecular complexity index is 638. The molecule has 0 aliphatic heterocycles. The van der Waals surface area contributed by atoms with E-state index in [0.29, 0.717) is 25.4 Å². The van der Waals surface area contributed by atoms with Gasteiger partial charge in [0.15, 0.2) is 11.8 Å². The van der Waals surface area contributed by atoms with Crippen molar-refractivity contribution >= 4 is 41.3 Å². The molecule has 0 fully saturated rings. The number of aliphatic imine (C=N–C) groups is 1. The first-order valence-electron chi connectivity index (χ1n) is 7.98. The average Bonchev–Trinajstić information content (AvgIpc) is 3.14. The summed E-state index contributed by atoms with van der Waals surface area (Å²) in [4.78, 5) is 11.5. The molecule has 0 aliphatic rings. The molecule has 0 saturated heterocycles. The minimum absolute atomic E-state index is 0. The molecule has 0 spiro atoms. The number of nitrogens with zero attached hydrogens (tertiary/aromatic N) is 3.